The van der Waals surface area contributed by atoms with E-state index in [0.717, 1.165) is 22.6 Å². The van der Waals surface area contributed by atoms with Crippen molar-refractivity contribution in [3.05, 3.63) is 59.7 Å². The molecule has 2 aromatic carbocycles. The minimum atomic E-state index is 0.0288. The lowest BCUT2D eigenvalue weighted by Gasteiger charge is -2.26. The first-order valence-electron chi connectivity index (χ1n) is 5.36. The predicted molar refractivity (Wildman–Crippen MR) is 61.9 cm³/mol. The standard InChI is InChI=1S/C14H12O2/c15-9-12-10-5-1-3-7-13(10)16-14-8-4-2-6-11(12)14/h1-8,12,15H,9H2. The van der Waals surface area contributed by atoms with Gasteiger partial charge in [-0.3, -0.25) is 0 Å². The average molecular weight is 212 g/mol. The van der Waals surface area contributed by atoms with Crippen LogP contribution in [0.2, 0.25) is 0 Å². The number of ether oxygens (including phenoxy) is 1. The number of benzene rings is 2. The highest BCUT2D eigenvalue weighted by Crippen LogP contribution is 2.43. The van der Waals surface area contributed by atoms with Gasteiger partial charge in [0.1, 0.15) is 11.5 Å². The van der Waals surface area contributed by atoms with Gasteiger partial charge in [-0.05, 0) is 12.1 Å². The Labute approximate surface area is 94.1 Å². The van der Waals surface area contributed by atoms with Crippen molar-refractivity contribution in [2.24, 2.45) is 0 Å². The third-order valence-corrected chi connectivity index (χ3v) is 2.99. The molecule has 2 heteroatoms. The molecule has 1 N–H and O–H groups in total. The molecule has 1 heterocycles. The number of hydrogen-bond donors (Lipinski definition) is 1. The molecule has 0 aromatic heterocycles. The van der Waals surface area contributed by atoms with E-state index in [1.165, 1.54) is 0 Å². The maximum atomic E-state index is 9.53. The first-order valence-corrected chi connectivity index (χ1v) is 5.36. The largest absolute Gasteiger partial charge is 0.457 e. The molecule has 0 spiro atoms. The van der Waals surface area contributed by atoms with E-state index in [1.54, 1.807) is 0 Å². The molecule has 0 fully saturated rings. The minimum Gasteiger partial charge on any atom is -0.457 e. The molecule has 0 atom stereocenters. The van der Waals surface area contributed by atoms with E-state index in [-0.39, 0.29) is 12.5 Å². The summed E-state index contributed by atoms with van der Waals surface area (Å²) in [6, 6.07) is 15.7. The molecule has 0 unspecified atom stereocenters. The van der Waals surface area contributed by atoms with E-state index in [1.807, 2.05) is 48.5 Å². The van der Waals surface area contributed by atoms with Crippen LogP contribution in [0.5, 0.6) is 11.5 Å². The zero-order chi connectivity index (χ0) is 11.0. The van der Waals surface area contributed by atoms with Gasteiger partial charge in [0.05, 0.1) is 6.61 Å². The van der Waals surface area contributed by atoms with Crippen molar-refractivity contribution in [2.75, 3.05) is 6.61 Å². The summed E-state index contributed by atoms with van der Waals surface area (Å²) in [6.07, 6.45) is 0. The van der Waals surface area contributed by atoms with Gasteiger partial charge in [0.15, 0.2) is 0 Å². The van der Waals surface area contributed by atoms with Gasteiger partial charge >= 0.3 is 0 Å². The van der Waals surface area contributed by atoms with Gasteiger partial charge in [0, 0.05) is 17.0 Å². The summed E-state index contributed by atoms with van der Waals surface area (Å²) < 4.78 is 5.80. The lowest BCUT2D eigenvalue weighted by atomic mass is 9.89. The molecule has 0 saturated carbocycles. The van der Waals surface area contributed by atoms with Crippen molar-refractivity contribution in [3.63, 3.8) is 0 Å². The Bertz CT molecular complexity index is 474. The molecule has 0 aliphatic carbocycles. The molecular weight excluding hydrogens is 200 g/mol. The third kappa shape index (κ3) is 1.31. The fourth-order valence-corrected chi connectivity index (χ4v) is 2.21. The highest BCUT2D eigenvalue weighted by Gasteiger charge is 2.25. The van der Waals surface area contributed by atoms with Gasteiger partial charge in [0.25, 0.3) is 0 Å². The summed E-state index contributed by atoms with van der Waals surface area (Å²) in [5, 5.41) is 9.53. The molecule has 0 radical (unpaired) electrons. The van der Waals surface area contributed by atoms with Gasteiger partial charge < -0.3 is 9.84 Å². The summed E-state index contributed by atoms with van der Waals surface area (Å²) >= 11 is 0. The van der Waals surface area contributed by atoms with Crippen LogP contribution in [-0.4, -0.2) is 11.7 Å². The van der Waals surface area contributed by atoms with Crippen LogP contribution in [0.1, 0.15) is 17.0 Å². The topological polar surface area (TPSA) is 29.5 Å². The van der Waals surface area contributed by atoms with E-state index in [4.69, 9.17) is 4.74 Å². The van der Waals surface area contributed by atoms with E-state index < -0.39 is 0 Å². The highest BCUT2D eigenvalue weighted by atomic mass is 16.5. The molecule has 3 rings (SSSR count). The normalized spacial score (nSPS) is 13.8. The molecule has 0 amide bonds. The first-order chi connectivity index (χ1) is 7.90. The Morgan fingerprint density at radius 2 is 1.38 bits per heavy atom. The molecule has 0 bridgehead atoms. The van der Waals surface area contributed by atoms with Gasteiger partial charge in [-0.25, -0.2) is 0 Å². The number of para-hydroxylation sites is 2. The van der Waals surface area contributed by atoms with Crippen molar-refractivity contribution in [2.45, 2.75) is 5.92 Å². The van der Waals surface area contributed by atoms with Crippen LogP contribution in [0, 0.1) is 0 Å². The molecule has 80 valence electrons. The van der Waals surface area contributed by atoms with Crippen LogP contribution in [0.15, 0.2) is 48.5 Å². The Morgan fingerprint density at radius 1 is 0.875 bits per heavy atom. The van der Waals surface area contributed by atoms with Crippen LogP contribution in [0.4, 0.5) is 0 Å². The Hall–Kier alpha value is -1.80. The third-order valence-electron chi connectivity index (χ3n) is 2.99. The minimum absolute atomic E-state index is 0.0288. The average Bonchev–Trinajstić information content (AvgIpc) is 2.36. The van der Waals surface area contributed by atoms with E-state index >= 15 is 0 Å². The zero-order valence-corrected chi connectivity index (χ0v) is 8.76. The number of rotatable bonds is 1. The SMILES string of the molecule is OCC1c2ccccc2Oc2ccccc21. The van der Waals surface area contributed by atoms with Gasteiger partial charge in [-0.15, -0.1) is 0 Å². The summed E-state index contributed by atoms with van der Waals surface area (Å²) in [4.78, 5) is 0. The Morgan fingerprint density at radius 3 is 1.88 bits per heavy atom. The molecule has 1 aliphatic rings. The molecule has 0 saturated heterocycles. The maximum Gasteiger partial charge on any atom is 0.131 e. The van der Waals surface area contributed by atoms with Crippen molar-refractivity contribution in [3.8, 4) is 11.5 Å². The zero-order valence-electron chi connectivity index (χ0n) is 8.76. The summed E-state index contributed by atoms with van der Waals surface area (Å²) in [5.74, 6) is 1.72. The van der Waals surface area contributed by atoms with E-state index in [9.17, 15) is 5.11 Å². The van der Waals surface area contributed by atoms with E-state index in [0.29, 0.717) is 0 Å². The van der Waals surface area contributed by atoms with Crippen LogP contribution in [-0.2, 0) is 0 Å². The maximum absolute atomic E-state index is 9.53. The van der Waals surface area contributed by atoms with Gasteiger partial charge in [0.2, 0.25) is 0 Å². The van der Waals surface area contributed by atoms with Crippen LogP contribution in [0.3, 0.4) is 0 Å². The molecule has 2 nitrogen and oxygen atoms in total. The quantitative estimate of drug-likeness (QED) is 0.787. The number of aliphatic hydroxyl groups excluding tert-OH is 1. The number of hydrogen-bond acceptors (Lipinski definition) is 2. The lowest BCUT2D eigenvalue weighted by Crippen LogP contribution is -2.13. The van der Waals surface area contributed by atoms with Gasteiger partial charge in [-0.1, -0.05) is 36.4 Å². The van der Waals surface area contributed by atoms with Crippen LogP contribution in [0.25, 0.3) is 0 Å². The number of aliphatic hydroxyl groups is 1. The fraction of sp³-hybridized carbons (Fsp3) is 0.143. The van der Waals surface area contributed by atoms with Crippen LogP contribution >= 0.6 is 0 Å². The molecular formula is C14H12O2. The van der Waals surface area contributed by atoms with Gasteiger partial charge in [-0.2, -0.15) is 0 Å². The molecule has 2 aromatic rings. The fourth-order valence-electron chi connectivity index (χ4n) is 2.21. The monoisotopic (exact) mass is 212 g/mol. The number of fused-ring (bicyclic) bond motifs is 2. The summed E-state index contributed by atoms with van der Waals surface area (Å²) in [6.45, 7) is 0.109. The first kappa shape index (κ1) is 9.43. The Kier molecular flexibility index (Phi) is 2.15. The second kappa shape index (κ2) is 3.65. The summed E-state index contributed by atoms with van der Waals surface area (Å²) in [5.41, 5.74) is 2.12. The Balaban J connectivity index is 2.19. The summed E-state index contributed by atoms with van der Waals surface area (Å²) in [7, 11) is 0. The van der Waals surface area contributed by atoms with Crippen molar-refractivity contribution in [1.82, 2.24) is 0 Å². The second-order valence-electron chi connectivity index (χ2n) is 3.91. The van der Waals surface area contributed by atoms with Crippen molar-refractivity contribution >= 4 is 0 Å². The van der Waals surface area contributed by atoms with Crippen molar-refractivity contribution < 1.29 is 9.84 Å². The smallest absolute Gasteiger partial charge is 0.131 e. The highest BCUT2D eigenvalue weighted by molar-refractivity contribution is 5.53. The van der Waals surface area contributed by atoms with E-state index in [2.05, 4.69) is 0 Å². The van der Waals surface area contributed by atoms with Crippen LogP contribution < -0.4 is 4.74 Å². The lowest BCUT2D eigenvalue weighted by molar-refractivity contribution is 0.271. The second-order valence-corrected chi connectivity index (χ2v) is 3.91. The molecule has 1 aliphatic heterocycles. The van der Waals surface area contributed by atoms with Crippen molar-refractivity contribution in [1.29, 1.82) is 0 Å². The predicted octanol–water partition coefficient (Wildman–Crippen LogP) is 2.92. The molecule has 16 heavy (non-hydrogen) atoms.